The van der Waals surface area contributed by atoms with Crippen LogP contribution in [0.2, 0.25) is 0 Å². The van der Waals surface area contributed by atoms with E-state index in [0.717, 1.165) is 23.0 Å². The molecule has 1 aliphatic heterocycles. The lowest BCUT2D eigenvalue weighted by molar-refractivity contribution is -0.113. The van der Waals surface area contributed by atoms with E-state index < -0.39 is 12.5 Å². The minimum atomic E-state index is -2.97. The zero-order valence-corrected chi connectivity index (χ0v) is 21.7. The summed E-state index contributed by atoms with van der Waals surface area (Å²) in [7, 11) is 3.87. The molecule has 1 aliphatic rings. The van der Waals surface area contributed by atoms with E-state index in [2.05, 4.69) is 20.0 Å². The van der Waals surface area contributed by atoms with Gasteiger partial charge < -0.3 is 9.64 Å². The fourth-order valence-corrected chi connectivity index (χ4v) is 4.74. The first kappa shape index (κ1) is 26.0. The van der Waals surface area contributed by atoms with Crippen molar-refractivity contribution in [2.24, 2.45) is 4.99 Å². The summed E-state index contributed by atoms with van der Waals surface area (Å²) in [5.74, 6) is -0.411. The van der Waals surface area contributed by atoms with Crippen molar-refractivity contribution in [3.8, 4) is 5.75 Å². The van der Waals surface area contributed by atoms with Gasteiger partial charge in [-0.25, -0.2) is 4.99 Å². The SMILES string of the molecule is CN(C)c1ccc(C=C2N=C(SCn3nnc4ccccc4c3=O)N(c3ccc(OC(F)F)cc3)C2=O)cc1. The van der Waals surface area contributed by atoms with Gasteiger partial charge in [0.05, 0.1) is 17.0 Å². The number of aromatic nitrogens is 3. The summed E-state index contributed by atoms with van der Waals surface area (Å²) >= 11 is 1.12. The standard InChI is InChI=1S/C27H22F2N6O3S/c1-33(2)18-9-7-17(8-10-18)15-23-25(37)35(19-11-13-20(14-12-19)38-26(28)29)27(30-23)39-16-34-24(36)21-5-3-4-6-22(21)31-32-34/h3-15,26H,16H2,1-2H3. The smallest absolute Gasteiger partial charge is 0.387 e. The second-order valence-corrected chi connectivity index (χ2v) is 9.52. The van der Waals surface area contributed by atoms with Crippen molar-refractivity contribution >= 4 is 51.2 Å². The number of amidine groups is 1. The zero-order valence-electron chi connectivity index (χ0n) is 20.9. The Morgan fingerprint density at radius 2 is 1.72 bits per heavy atom. The Kier molecular flexibility index (Phi) is 7.37. The van der Waals surface area contributed by atoms with Crippen LogP contribution in [0.4, 0.5) is 20.2 Å². The molecule has 0 N–H and O–H groups in total. The Balaban J connectivity index is 1.47. The summed E-state index contributed by atoms with van der Waals surface area (Å²) in [6.07, 6.45) is 1.67. The number of amides is 1. The van der Waals surface area contributed by atoms with E-state index in [1.54, 1.807) is 30.3 Å². The minimum absolute atomic E-state index is 0.0384. The normalized spacial score (nSPS) is 14.4. The van der Waals surface area contributed by atoms with Crippen molar-refractivity contribution in [2.75, 3.05) is 23.9 Å². The van der Waals surface area contributed by atoms with Crippen LogP contribution in [0.3, 0.4) is 0 Å². The number of aliphatic imine (C=N–C) groups is 1. The fourth-order valence-electron chi connectivity index (χ4n) is 3.85. The lowest BCUT2D eigenvalue weighted by atomic mass is 10.1. The van der Waals surface area contributed by atoms with E-state index in [-0.39, 0.29) is 22.9 Å². The number of rotatable bonds is 7. The molecule has 1 amide bonds. The third-order valence-corrected chi connectivity index (χ3v) is 6.71. The first-order valence-electron chi connectivity index (χ1n) is 11.7. The van der Waals surface area contributed by atoms with E-state index in [1.807, 2.05) is 43.3 Å². The summed E-state index contributed by atoms with van der Waals surface area (Å²) in [4.78, 5) is 34.2. The third kappa shape index (κ3) is 5.65. The summed E-state index contributed by atoms with van der Waals surface area (Å²) < 4.78 is 30.8. The number of alkyl halides is 2. The Hall–Kier alpha value is -4.58. The van der Waals surface area contributed by atoms with Crippen molar-refractivity contribution in [3.05, 3.63) is 94.4 Å². The van der Waals surface area contributed by atoms with Crippen LogP contribution >= 0.6 is 11.8 Å². The fraction of sp³-hybridized carbons (Fsp3) is 0.148. The Labute approximate surface area is 226 Å². The highest BCUT2D eigenvalue weighted by Gasteiger charge is 2.32. The molecule has 0 atom stereocenters. The van der Waals surface area contributed by atoms with Crippen LogP contribution in [-0.4, -0.2) is 46.8 Å². The molecule has 0 radical (unpaired) electrons. The van der Waals surface area contributed by atoms with E-state index in [1.165, 1.54) is 33.8 Å². The molecule has 2 heterocycles. The van der Waals surface area contributed by atoms with Gasteiger partial charge in [0.25, 0.3) is 11.5 Å². The largest absolute Gasteiger partial charge is 0.435 e. The van der Waals surface area contributed by atoms with Crippen LogP contribution in [0, 0.1) is 0 Å². The molecular weight excluding hydrogens is 526 g/mol. The molecule has 39 heavy (non-hydrogen) atoms. The van der Waals surface area contributed by atoms with Crippen molar-refractivity contribution in [2.45, 2.75) is 12.5 Å². The molecule has 0 aliphatic carbocycles. The van der Waals surface area contributed by atoms with Gasteiger partial charge in [-0.2, -0.15) is 13.5 Å². The van der Waals surface area contributed by atoms with Gasteiger partial charge in [-0.15, -0.1) is 5.10 Å². The van der Waals surface area contributed by atoms with Crippen LogP contribution in [0.25, 0.3) is 17.0 Å². The molecule has 9 nitrogen and oxygen atoms in total. The Morgan fingerprint density at radius 1 is 1.00 bits per heavy atom. The molecule has 0 saturated carbocycles. The topological polar surface area (TPSA) is 92.9 Å². The number of nitrogens with zero attached hydrogens (tertiary/aromatic N) is 6. The maximum absolute atomic E-state index is 13.5. The van der Waals surface area contributed by atoms with Gasteiger partial charge >= 0.3 is 6.61 Å². The van der Waals surface area contributed by atoms with E-state index in [4.69, 9.17) is 0 Å². The molecule has 0 saturated heterocycles. The molecule has 0 fully saturated rings. The molecule has 0 unspecified atom stereocenters. The van der Waals surface area contributed by atoms with Crippen molar-refractivity contribution in [1.82, 2.24) is 15.0 Å². The maximum Gasteiger partial charge on any atom is 0.387 e. The van der Waals surface area contributed by atoms with Crippen LogP contribution in [0.5, 0.6) is 5.75 Å². The van der Waals surface area contributed by atoms with E-state index >= 15 is 0 Å². The molecule has 198 valence electrons. The number of hydrogen-bond donors (Lipinski definition) is 0. The van der Waals surface area contributed by atoms with E-state index in [0.29, 0.717) is 21.8 Å². The van der Waals surface area contributed by atoms with Crippen molar-refractivity contribution < 1.29 is 18.3 Å². The van der Waals surface area contributed by atoms with Gasteiger partial charge in [0.1, 0.15) is 17.0 Å². The monoisotopic (exact) mass is 548 g/mol. The molecule has 0 bridgehead atoms. The van der Waals surface area contributed by atoms with Crippen LogP contribution in [0.15, 0.2) is 88.3 Å². The molecular formula is C27H22F2N6O3S. The average molecular weight is 549 g/mol. The number of anilines is 2. The van der Waals surface area contributed by atoms with Crippen LogP contribution in [0.1, 0.15) is 5.56 Å². The van der Waals surface area contributed by atoms with Gasteiger partial charge in [0.2, 0.25) is 0 Å². The number of benzene rings is 3. The quantitative estimate of drug-likeness (QED) is 0.312. The number of halogens is 2. The highest BCUT2D eigenvalue weighted by molar-refractivity contribution is 8.13. The summed E-state index contributed by atoms with van der Waals surface area (Å²) in [6, 6.07) is 20.2. The zero-order chi connectivity index (χ0) is 27.5. The van der Waals surface area contributed by atoms with Crippen molar-refractivity contribution in [3.63, 3.8) is 0 Å². The number of fused-ring (bicyclic) bond motifs is 1. The highest BCUT2D eigenvalue weighted by atomic mass is 32.2. The number of hydrogen-bond acceptors (Lipinski definition) is 8. The van der Waals surface area contributed by atoms with Gasteiger partial charge in [0, 0.05) is 19.8 Å². The van der Waals surface area contributed by atoms with Gasteiger partial charge in [-0.3, -0.25) is 14.5 Å². The number of ether oxygens (including phenoxy) is 1. The van der Waals surface area contributed by atoms with Crippen LogP contribution < -0.4 is 20.1 Å². The average Bonchev–Trinajstić information content (AvgIpc) is 3.23. The Morgan fingerprint density at radius 3 is 2.41 bits per heavy atom. The van der Waals surface area contributed by atoms with Gasteiger partial charge in [-0.05, 0) is 60.2 Å². The third-order valence-electron chi connectivity index (χ3n) is 5.81. The summed E-state index contributed by atoms with van der Waals surface area (Å²) in [5.41, 5.74) is 2.52. The molecule has 1 aromatic heterocycles. The Bertz CT molecular complexity index is 1640. The van der Waals surface area contributed by atoms with Crippen LogP contribution in [-0.2, 0) is 10.7 Å². The minimum Gasteiger partial charge on any atom is -0.435 e. The molecule has 0 spiro atoms. The molecule has 12 heteroatoms. The highest BCUT2D eigenvalue weighted by Crippen LogP contribution is 2.31. The second kappa shape index (κ2) is 11.0. The lowest BCUT2D eigenvalue weighted by Crippen LogP contribution is -2.31. The van der Waals surface area contributed by atoms with E-state index in [9.17, 15) is 18.4 Å². The lowest BCUT2D eigenvalue weighted by Gasteiger charge is -2.18. The molecule has 5 rings (SSSR count). The molecule has 4 aromatic rings. The number of carbonyl (C=O) groups excluding carboxylic acids is 1. The predicted molar refractivity (Wildman–Crippen MR) is 148 cm³/mol. The number of thioether (sulfide) groups is 1. The number of carbonyl (C=O) groups is 1. The first-order chi connectivity index (χ1) is 18.8. The first-order valence-corrected chi connectivity index (χ1v) is 12.7. The summed E-state index contributed by atoms with van der Waals surface area (Å²) in [6.45, 7) is -2.97. The summed E-state index contributed by atoms with van der Waals surface area (Å²) in [5, 5.41) is 8.81. The predicted octanol–water partition coefficient (Wildman–Crippen LogP) is 4.59. The maximum atomic E-state index is 13.5. The van der Waals surface area contributed by atoms with Crippen molar-refractivity contribution in [1.29, 1.82) is 0 Å². The molecule has 3 aromatic carbocycles. The van der Waals surface area contributed by atoms with Gasteiger partial charge in [0.15, 0.2) is 5.17 Å². The van der Waals surface area contributed by atoms with Gasteiger partial charge in [-0.1, -0.05) is 41.2 Å². The second-order valence-electron chi connectivity index (χ2n) is 8.61.